The number of furan rings is 1. The highest BCUT2D eigenvalue weighted by Crippen LogP contribution is 2.16. The summed E-state index contributed by atoms with van der Waals surface area (Å²) >= 11 is 0. The standard InChI is InChI=1S/C11H15NO5S/c1-7-8(4-10(17-7)11(13)14)5-12-9-2-3-18(15,16)6-9/h4,9,12H,2-3,5-6H2,1H3,(H,13,14). The van der Waals surface area contributed by atoms with Crippen LogP contribution in [-0.2, 0) is 16.4 Å². The maximum atomic E-state index is 11.3. The van der Waals surface area contributed by atoms with E-state index >= 15 is 0 Å². The van der Waals surface area contributed by atoms with Crippen LogP contribution in [0.25, 0.3) is 0 Å². The Balaban J connectivity index is 1.97. The topological polar surface area (TPSA) is 96.6 Å². The first-order valence-electron chi connectivity index (χ1n) is 5.64. The predicted molar refractivity (Wildman–Crippen MR) is 64.3 cm³/mol. The van der Waals surface area contributed by atoms with Crippen LogP contribution in [0.2, 0.25) is 0 Å². The fourth-order valence-corrected chi connectivity index (χ4v) is 3.72. The van der Waals surface area contributed by atoms with Crippen molar-refractivity contribution >= 4 is 15.8 Å². The molecule has 0 saturated carbocycles. The number of rotatable bonds is 4. The van der Waals surface area contributed by atoms with Gasteiger partial charge < -0.3 is 14.8 Å². The molecule has 1 atom stereocenters. The molecule has 1 aromatic rings. The maximum absolute atomic E-state index is 11.3. The molecule has 100 valence electrons. The van der Waals surface area contributed by atoms with Crippen LogP contribution >= 0.6 is 0 Å². The van der Waals surface area contributed by atoms with E-state index < -0.39 is 15.8 Å². The number of aryl methyl sites for hydroxylation is 1. The third-order valence-electron chi connectivity index (χ3n) is 3.04. The molecule has 2 N–H and O–H groups in total. The van der Waals surface area contributed by atoms with Crippen molar-refractivity contribution in [2.45, 2.75) is 25.9 Å². The first-order valence-corrected chi connectivity index (χ1v) is 7.46. The lowest BCUT2D eigenvalue weighted by atomic mass is 10.2. The Morgan fingerprint density at radius 2 is 2.33 bits per heavy atom. The van der Waals surface area contributed by atoms with Crippen molar-refractivity contribution in [3.8, 4) is 0 Å². The zero-order valence-electron chi connectivity index (χ0n) is 9.97. The number of carboxylic acids is 1. The molecule has 0 bridgehead atoms. The first kappa shape index (κ1) is 13.1. The molecule has 0 aromatic carbocycles. The molecule has 1 saturated heterocycles. The van der Waals surface area contributed by atoms with Crippen molar-refractivity contribution in [1.82, 2.24) is 5.32 Å². The highest BCUT2D eigenvalue weighted by atomic mass is 32.2. The van der Waals surface area contributed by atoms with Gasteiger partial charge in [-0.3, -0.25) is 0 Å². The third-order valence-corrected chi connectivity index (χ3v) is 4.81. The molecule has 18 heavy (non-hydrogen) atoms. The molecule has 1 unspecified atom stereocenters. The SMILES string of the molecule is Cc1oc(C(=O)O)cc1CNC1CCS(=O)(=O)C1. The van der Waals surface area contributed by atoms with E-state index in [9.17, 15) is 13.2 Å². The van der Waals surface area contributed by atoms with E-state index in [-0.39, 0.29) is 23.3 Å². The van der Waals surface area contributed by atoms with Gasteiger partial charge in [0.05, 0.1) is 11.5 Å². The molecule has 1 aliphatic heterocycles. The van der Waals surface area contributed by atoms with Gasteiger partial charge >= 0.3 is 5.97 Å². The minimum Gasteiger partial charge on any atom is -0.475 e. The Morgan fingerprint density at radius 1 is 1.61 bits per heavy atom. The van der Waals surface area contributed by atoms with Crippen LogP contribution in [0.4, 0.5) is 0 Å². The summed E-state index contributed by atoms with van der Waals surface area (Å²) in [5.41, 5.74) is 0.747. The van der Waals surface area contributed by atoms with Gasteiger partial charge in [0.1, 0.15) is 5.76 Å². The molecule has 0 aliphatic carbocycles. The Morgan fingerprint density at radius 3 is 2.83 bits per heavy atom. The molecular formula is C11H15NO5S. The summed E-state index contributed by atoms with van der Waals surface area (Å²) in [6.45, 7) is 2.11. The van der Waals surface area contributed by atoms with E-state index in [0.717, 1.165) is 5.56 Å². The van der Waals surface area contributed by atoms with E-state index in [1.54, 1.807) is 6.92 Å². The Kier molecular flexibility index (Phi) is 3.45. The van der Waals surface area contributed by atoms with Gasteiger partial charge in [0.25, 0.3) is 0 Å². The molecular weight excluding hydrogens is 258 g/mol. The minimum absolute atomic E-state index is 0.0578. The van der Waals surface area contributed by atoms with Gasteiger partial charge in [-0.15, -0.1) is 0 Å². The summed E-state index contributed by atoms with van der Waals surface area (Å²) in [6.07, 6.45) is 0.602. The Bertz CT molecular complexity index is 560. The summed E-state index contributed by atoms with van der Waals surface area (Å²) in [5.74, 6) is -0.289. The Labute approximate surface area is 105 Å². The quantitative estimate of drug-likeness (QED) is 0.832. The summed E-state index contributed by atoms with van der Waals surface area (Å²) < 4.78 is 27.6. The van der Waals surface area contributed by atoms with Crippen LogP contribution in [0, 0.1) is 6.92 Å². The monoisotopic (exact) mass is 273 g/mol. The molecule has 2 heterocycles. The van der Waals surface area contributed by atoms with Crippen LogP contribution in [0.1, 0.15) is 28.3 Å². The number of hydrogen-bond acceptors (Lipinski definition) is 5. The average molecular weight is 273 g/mol. The van der Waals surface area contributed by atoms with E-state index in [0.29, 0.717) is 18.7 Å². The minimum atomic E-state index is -2.90. The smallest absolute Gasteiger partial charge is 0.371 e. The number of carbonyl (C=O) groups is 1. The average Bonchev–Trinajstić information content (AvgIpc) is 2.79. The molecule has 6 nitrogen and oxygen atoms in total. The second kappa shape index (κ2) is 4.74. The molecule has 0 radical (unpaired) electrons. The van der Waals surface area contributed by atoms with Crippen molar-refractivity contribution < 1.29 is 22.7 Å². The summed E-state index contributed by atoms with van der Waals surface area (Å²) in [4.78, 5) is 10.7. The zero-order chi connectivity index (χ0) is 13.3. The second-order valence-corrected chi connectivity index (χ2v) is 6.71. The third kappa shape index (κ3) is 2.91. The number of aromatic carboxylic acids is 1. The first-order chi connectivity index (χ1) is 8.37. The number of carboxylic acid groups (broad SMARTS) is 1. The van der Waals surface area contributed by atoms with Gasteiger partial charge in [0.15, 0.2) is 9.84 Å². The molecule has 1 aromatic heterocycles. The normalized spacial score (nSPS) is 22.2. The zero-order valence-corrected chi connectivity index (χ0v) is 10.8. The fraction of sp³-hybridized carbons (Fsp3) is 0.545. The van der Waals surface area contributed by atoms with Crippen LogP contribution < -0.4 is 5.32 Å². The van der Waals surface area contributed by atoms with Crippen LogP contribution in [0.15, 0.2) is 10.5 Å². The molecule has 7 heteroatoms. The van der Waals surface area contributed by atoms with E-state index in [2.05, 4.69) is 5.32 Å². The number of sulfone groups is 1. The highest BCUT2D eigenvalue weighted by Gasteiger charge is 2.27. The number of nitrogens with one attached hydrogen (secondary N) is 1. The van der Waals surface area contributed by atoms with Gasteiger partial charge in [0.2, 0.25) is 5.76 Å². The van der Waals surface area contributed by atoms with Crippen molar-refractivity contribution in [3.63, 3.8) is 0 Å². The lowest BCUT2D eigenvalue weighted by Gasteiger charge is -2.09. The molecule has 0 amide bonds. The molecule has 0 spiro atoms. The lowest BCUT2D eigenvalue weighted by Crippen LogP contribution is -2.29. The summed E-state index contributed by atoms with van der Waals surface area (Å²) in [5, 5.41) is 11.9. The van der Waals surface area contributed by atoms with Gasteiger partial charge in [-0.2, -0.15) is 0 Å². The van der Waals surface area contributed by atoms with Crippen LogP contribution in [0.5, 0.6) is 0 Å². The van der Waals surface area contributed by atoms with Gasteiger partial charge in [0, 0.05) is 18.2 Å². The predicted octanol–water partition coefficient (Wildman–Crippen LogP) is 0.563. The Hall–Kier alpha value is -1.34. The van der Waals surface area contributed by atoms with Crippen LogP contribution in [-0.4, -0.2) is 37.0 Å². The van der Waals surface area contributed by atoms with Crippen LogP contribution in [0.3, 0.4) is 0 Å². The second-order valence-electron chi connectivity index (χ2n) is 4.48. The van der Waals surface area contributed by atoms with E-state index in [1.807, 2.05) is 0 Å². The van der Waals surface area contributed by atoms with E-state index in [4.69, 9.17) is 9.52 Å². The van der Waals surface area contributed by atoms with Crippen molar-refractivity contribution in [2.75, 3.05) is 11.5 Å². The molecule has 1 fully saturated rings. The number of hydrogen-bond donors (Lipinski definition) is 2. The van der Waals surface area contributed by atoms with Gasteiger partial charge in [-0.25, -0.2) is 13.2 Å². The van der Waals surface area contributed by atoms with E-state index in [1.165, 1.54) is 6.07 Å². The summed E-state index contributed by atoms with van der Waals surface area (Å²) in [6, 6.07) is 1.41. The van der Waals surface area contributed by atoms with Crippen molar-refractivity contribution in [1.29, 1.82) is 0 Å². The lowest BCUT2D eigenvalue weighted by molar-refractivity contribution is 0.0661. The van der Waals surface area contributed by atoms with Crippen molar-refractivity contribution in [3.05, 3.63) is 23.2 Å². The van der Waals surface area contributed by atoms with Gasteiger partial charge in [-0.1, -0.05) is 0 Å². The fourth-order valence-electron chi connectivity index (χ4n) is 2.01. The van der Waals surface area contributed by atoms with Crippen molar-refractivity contribution in [2.24, 2.45) is 0 Å². The largest absolute Gasteiger partial charge is 0.475 e. The highest BCUT2D eigenvalue weighted by molar-refractivity contribution is 7.91. The molecule has 2 rings (SSSR count). The summed E-state index contributed by atoms with van der Waals surface area (Å²) in [7, 11) is -2.90. The molecule has 1 aliphatic rings. The van der Waals surface area contributed by atoms with Gasteiger partial charge in [-0.05, 0) is 19.4 Å². The maximum Gasteiger partial charge on any atom is 0.371 e.